The highest BCUT2D eigenvalue weighted by molar-refractivity contribution is 5.85. The number of fused-ring (bicyclic) bond motifs is 1. The van der Waals surface area contributed by atoms with Gasteiger partial charge in [0.2, 0.25) is 6.10 Å². The molecular formula is C21H27ClN2O3. The molecule has 27 heavy (non-hydrogen) atoms. The van der Waals surface area contributed by atoms with Gasteiger partial charge in [0.05, 0.1) is 0 Å². The zero-order valence-electron chi connectivity index (χ0n) is 15.8. The predicted octanol–water partition coefficient (Wildman–Crippen LogP) is 3.58. The van der Waals surface area contributed by atoms with Gasteiger partial charge in [0.15, 0.2) is 11.5 Å². The molecule has 1 aliphatic rings. The van der Waals surface area contributed by atoms with Crippen LogP contribution < -0.4 is 20.5 Å². The third kappa shape index (κ3) is 4.93. The Hall–Kier alpha value is -2.24. The van der Waals surface area contributed by atoms with Gasteiger partial charge in [-0.15, -0.1) is 12.4 Å². The van der Waals surface area contributed by atoms with Crippen molar-refractivity contribution in [2.24, 2.45) is 5.73 Å². The number of ether oxygens (including phenoxy) is 2. The standard InChI is InChI=1S/C21H26N2O3.ClH/c1-13(2)15-8-10-16(11-9-15)17(22)12-23-21(24)20-14(3)25-18-6-4-5-7-19(18)26-20;/h4-11,13-14,17,20H,12,22H2,1-3H3,(H,23,24);1H. The molecule has 3 N–H and O–H groups in total. The number of hydrogen-bond acceptors (Lipinski definition) is 4. The fourth-order valence-corrected chi connectivity index (χ4v) is 2.96. The minimum Gasteiger partial charge on any atom is -0.482 e. The molecule has 0 aliphatic carbocycles. The van der Waals surface area contributed by atoms with Gasteiger partial charge in [0, 0.05) is 12.6 Å². The first kappa shape index (κ1) is 21.1. The summed E-state index contributed by atoms with van der Waals surface area (Å²) in [7, 11) is 0. The van der Waals surface area contributed by atoms with Crippen LogP contribution in [0.25, 0.3) is 0 Å². The Labute approximate surface area is 166 Å². The van der Waals surface area contributed by atoms with Crippen molar-refractivity contribution < 1.29 is 14.3 Å². The summed E-state index contributed by atoms with van der Waals surface area (Å²) in [5.74, 6) is 1.50. The van der Waals surface area contributed by atoms with E-state index in [1.54, 1.807) is 6.07 Å². The molecule has 0 saturated heterocycles. The molecule has 6 heteroatoms. The van der Waals surface area contributed by atoms with E-state index < -0.39 is 6.10 Å². The van der Waals surface area contributed by atoms with Crippen LogP contribution in [0.15, 0.2) is 48.5 Å². The van der Waals surface area contributed by atoms with E-state index >= 15 is 0 Å². The fourth-order valence-electron chi connectivity index (χ4n) is 2.96. The van der Waals surface area contributed by atoms with E-state index in [2.05, 4.69) is 31.3 Å². The lowest BCUT2D eigenvalue weighted by atomic mass is 9.99. The molecule has 146 valence electrons. The lowest BCUT2D eigenvalue weighted by Gasteiger charge is -2.31. The van der Waals surface area contributed by atoms with Crippen LogP contribution in [0.2, 0.25) is 0 Å². The number of benzene rings is 2. The number of carbonyl (C=O) groups is 1. The molecule has 3 unspecified atom stereocenters. The van der Waals surface area contributed by atoms with Crippen molar-refractivity contribution in [1.82, 2.24) is 5.32 Å². The first-order valence-corrected chi connectivity index (χ1v) is 9.01. The largest absolute Gasteiger partial charge is 0.482 e. The molecule has 2 aromatic carbocycles. The van der Waals surface area contributed by atoms with Crippen molar-refractivity contribution in [1.29, 1.82) is 0 Å². The Morgan fingerprint density at radius 1 is 1.04 bits per heavy atom. The number of hydrogen-bond donors (Lipinski definition) is 2. The fraction of sp³-hybridized carbons (Fsp3) is 0.381. The molecule has 0 aromatic heterocycles. The maximum Gasteiger partial charge on any atom is 0.265 e. The van der Waals surface area contributed by atoms with E-state index in [0.717, 1.165) is 5.56 Å². The van der Waals surface area contributed by atoms with Crippen LogP contribution in [-0.4, -0.2) is 24.7 Å². The van der Waals surface area contributed by atoms with Crippen LogP contribution in [0, 0.1) is 0 Å². The second kappa shape index (κ2) is 9.11. The quantitative estimate of drug-likeness (QED) is 0.818. The summed E-state index contributed by atoms with van der Waals surface area (Å²) in [6.07, 6.45) is -1.06. The molecular weight excluding hydrogens is 364 g/mol. The highest BCUT2D eigenvalue weighted by Crippen LogP contribution is 2.33. The Bertz CT molecular complexity index is 764. The molecule has 0 bridgehead atoms. The van der Waals surface area contributed by atoms with Crippen LogP contribution in [0.1, 0.15) is 43.9 Å². The molecule has 1 amide bonds. The molecule has 0 spiro atoms. The van der Waals surface area contributed by atoms with Gasteiger partial charge in [-0.3, -0.25) is 4.79 Å². The molecule has 5 nitrogen and oxygen atoms in total. The average Bonchev–Trinajstić information content (AvgIpc) is 2.65. The smallest absolute Gasteiger partial charge is 0.265 e. The molecule has 3 rings (SSSR count). The summed E-state index contributed by atoms with van der Waals surface area (Å²) in [6, 6.07) is 15.3. The monoisotopic (exact) mass is 390 g/mol. The van der Waals surface area contributed by atoms with Gasteiger partial charge in [0.25, 0.3) is 5.91 Å². The zero-order valence-corrected chi connectivity index (χ0v) is 16.7. The zero-order chi connectivity index (χ0) is 18.7. The van der Waals surface area contributed by atoms with E-state index in [9.17, 15) is 4.79 Å². The van der Waals surface area contributed by atoms with Crippen molar-refractivity contribution in [2.45, 2.75) is 44.9 Å². The highest BCUT2D eigenvalue weighted by Gasteiger charge is 2.34. The second-order valence-electron chi connectivity index (χ2n) is 6.98. The van der Waals surface area contributed by atoms with Crippen LogP contribution in [-0.2, 0) is 4.79 Å². The highest BCUT2D eigenvalue weighted by atomic mass is 35.5. The van der Waals surface area contributed by atoms with Crippen molar-refractivity contribution >= 4 is 18.3 Å². The second-order valence-corrected chi connectivity index (χ2v) is 6.98. The predicted molar refractivity (Wildman–Crippen MR) is 109 cm³/mol. The number of nitrogens with two attached hydrogens (primary N) is 1. The lowest BCUT2D eigenvalue weighted by Crippen LogP contribution is -2.50. The summed E-state index contributed by atoms with van der Waals surface area (Å²) < 4.78 is 11.6. The summed E-state index contributed by atoms with van der Waals surface area (Å²) in [6.45, 7) is 6.47. The summed E-state index contributed by atoms with van der Waals surface area (Å²) in [5, 5.41) is 2.88. The van der Waals surface area contributed by atoms with Crippen molar-refractivity contribution in [3.05, 3.63) is 59.7 Å². The van der Waals surface area contributed by atoms with E-state index in [0.29, 0.717) is 24.0 Å². The van der Waals surface area contributed by atoms with Gasteiger partial charge >= 0.3 is 0 Å². The van der Waals surface area contributed by atoms with Crippen LogP contribution in [0.4, 0.5) is 0 Å². The van der Waals surface area contributed by atoms with E-state index in [1.165, 1.54) is 5.56 Å². The summed E-state index contributed by atoms with van der Waals surface area (Å²) in [4.78, 5) is 12.5. The van der Waals surface area contributed by atoms with Crippen molar-refractivity contribution in [3.63, 3.8) is 0 Å². The Morgan fingerprint density at radius 3 is 2.19 bits per heavy atom. The number of amides is 1. The summed E-state index contributed by atoms with van der Waals surface area (Å²) >= 11 is 0. The molecule has 0 fully saturated rings. The molecule has 2 aromatic rings. The third-order valence-corrected chi connectivity index (χ3v) is 4.63. The van der Waals surface area contributed by atoms with E-state index in [-0.39, 0.29) is 30.5 Å². The molecule has 0 radical (unpaired) electrons. The van der Waals surface area contributed by atoms with Crippen LogP contribution in [0.5, 0.6) is 11.5 Å². The third-order valence-electron chi connectivity index (χ3n) is 4.63. The topological polar surface area (TPSA) is 73.6 Å². The molecule has 3 atom stereocenters. The Morgan fingerprint density at radius 2 is 1.59 bits per heavy atom. The number of nitrogens with one attached hydrogen (secondary N) is 1. The van der Waals surface area contributed by atoms with Gasteiger partial charge in [-0.2, -0.15) is 0 Å². The summed E-state index contributed by atoms with van der Waals surface area (Å²) in [5.41, 5.74) is 8.49. The van der Waals surface area contributed by atoms with Gasteiger partial charge in [-0.05, 0) is 36.1 Å². The molecule has 1 heterocycles. The van der Waals surface area contributed by atoms with Gasteiger partial charge < -0.3 is 20.5 Å². The van der Waals surface area contributed by atoms with Crippen molar-refractivity contribution in [2.75, 3.05) is 6.54 Å². The minimum absolute atomic E-state index is 0. The number of rotatable bonds is 5. The first-order chi connectivity index (χ1) is 12.5. The first-order valence-electron chi connectivity index (χ1n) is 9.01. The van der Waals surface area contributed by atoms with Gasteiger partial charge in [-0.1, -0.05) is 50.2 Å². The van der Waals surface area contributed by atoms with Gasteiger partial charge in [0.1, 0.15) is 6.10 Å². The number of carbonyl (C=O) groups excluding carboxylic acids is 1. The number of para-hydroxylation sites is 2. The van der Waals surface area contributed by atoms with E-state index in [1.807, 2.05) is 37.3 Å². The van der Waals surface area contributed by atoms with Crippen LogP contribution >= 0.6 is 12.4 Å². The molecule has 1 aliphatic heterocycles. The minimum atomic E-state index is -0.694. The Balaban J connectivity index is 0.00000261. The average molecular weight is 391 g/mol. The Kier molecular flexibility index (Phi) is 7.11. The van der Waals surface area contributed by atoms with Crippen LogP contribution in [0.3, 0.4) is 0 Å². The molecule has 0 saturated carbocycles. The number of halogens is 1. The maximum atomic E-state index is 12.5. The van der Waals surface area contributed by atoms with Crippen molar-refractivity contribution in [3.8, 4) is 11.5 Å². The van der Waals surface area contributed by atoms with Gasteiger partial charge in [-0.25, -0.2) is 0 Å². The normalized spacial score (nSPS) is 19.1. The lowest BCUT2D eigenvalue weighted by molar-refractivity contribution is -0.133. The van der Waals surface area contributed by atoms with E-state index in [4.69, 9.17) is 15.2 Å². The maximum absolute atomic E-state index is 12.5. The SMILES string of the molecule is CC(C)c1ccc(C(N)CNC(=O)C2Oc3ccccc3OC2C)cc1.Cl.